The third-order valence-electron chi connectivity index (χ3n) is 7.01. The first kappa shape index (κ1) is 21.6. The molecule has 1 saturated carbocycles. The summed E-state index contributed by atoms with van der Waals surface area (Å²) in [4.78, 5) is 9.15. The molecule has 0 aliphatic heterocycles. The molecule has 5 rings (SSSR count). The van der Waals surface area contributed by atoms with Crippen LogP contribution in [-0.4, -0.2) is 25.7 Å². The molecule has 1 aromatic carbocycles. The fourth-order valence-electron chi connectivity index (χ4n) is 5.30. The third kappa shape index (κ3) is 3.40. The lowest BCUT2D eigenvalue weighted by molar-refractivity contribution is 0.486. The highest BCUT2D eigenvalue weighted by atomic mass is 16.3. The minimum atomic E-state index is -0.906. The number of hydrogen-bond donors (Lipinski definition) is 0. The van der Waals surface area contributed by atoms with E-state index in [1.165, 1.54) is 12.8 Å². The summed E-state index contributed by atoms with van der Waals surface area (Å²) in [5.41, 5.74) is 6.47. The van der Waals surface area contributed by atoms with E-state index < -0.39 is 5.21 Å². The first-order valence-electron chi connectivity index (χ1n) is 11.4. The zero-order valence-corrected chi connectivity index (χ0v) is 19.1. The van der Waals surface area contributed by atoms with Crippen LogP contribution in [0.25, 0.3) is 39.4 Å². The van der Waals surface area contributed by atoms with E-state index >= 15 is 0 Å². The number of benzene rings is 1. The van der Waals surface area contributed by atoms with Crippen molar-refractivity contribution in [3.8, 4) is 23.6 Å². The van der Waals surface area contributed by atoms with Gasteiger partial charge in [-0.1, -0.05) is 54.5 Å². The molecule has 0 amide bonds. The molecule has 1 aliphatic carbocycles. The van der Waals surface area contributed by atoms with Crippen LogP contribution in [-0.2, 0) is 5.21 Å². The largest absolute Gasteiger partial charge is 0.437 e. The lowest BCUT2D eigenvalue weighted by Gasteiger charge is -2.33. The Morgan fingerprint density at radius 1 is 1.18 bits per heavy atom. The van der Waals surface area contributed by atoms with Crippen molar-refractivity contribution < 1.29 is 4.42 Å². The van der Waals surface area contributed by atoms with E-state index in [2.05, 4.69) is 10.9 Å². The van der Waals surface area contributed by atoms with Gasteiger partial charge < -0.3 is 4.42 Å². The molecule has 3 nitrogen and oxygen atoms in total. The summed E-state index contributed by atoms with van der Waals surface area (Å²) in [6, 6.07) is 7.83. The second kappa shape index (κ2) is 8.27. The maximum atomic E-state index is 6.70. The smallest absolute Gasteiger partial charge is 0.227 e. The maximum absolute atomic E-state index is 6.70. The van der Waals surface area contributed by atoms with Gasteiger partial charge in [-0.25, -0.2) is 4.98 Å². The highest BCUT2D eigenvalue weighted by Gasteiger charge is 2.33. The first-order chi connectivity index (χ1) is 16.0. The van der Waals surface area contributed by atoms with Crippen molar-refractivity contribution in [3.63, 3.8) is 0 Å². The summed E-state index contributed by atoms with van der Waals surface area (Å²) >= 11 is 0. The predicted molar refractivity (Wildman–Crippen MR) is 137 cm³/mol. The van der Waals surface area contributed by atoms with Gasteiger partial charge in [0, 0.05) is 39.9 Å². The van der Waals surface area contributed by atoms with Crippen molar-refractivity contribution >= 4 is 43.8 Å². The molecule has 3 aromatic heterocycles. The molecule has 1 fully saturated rings. The zero-order chi connectivity index (χ0) is 23.2. The van der Waals surface area contributed by atoms with Crippen molar-refractivity contribution in [1.82, 2.24) is 9.97 Å². The summed E-state index contributed by atoms with van der Waals surface area (Å²) in [5.74, 6) is 3.16. The Kier molecular flexibility index (Phi) is 5.41. The van der Waals surface area contributed by atoms with Crippen LogP contribution < -0.4 is 0 Å². The minimum absolute atomic E-state index is 0.252. The predicted octanol–water partition coefficient (Wildman–Crippen LogP) is 6.05. The topological polar surface area (TPSA) is 38.9 Å². The van der Waals surface area contributed by atoms with Crippen LogP contribution in [0.4, 0.5) is 0 Å². The molecule has 0 saturated heterocycles. The van der Waals surface area contributed by atoms with E-state index in [1.54, 1.807) is 12.4 Å². The fraction of sp³-hybridized carbons (Fsp3) is 0.286. The Hall–Kier alpha value is -3.25. The van der Waals surface area contributed by atoms with Crippen LogP contribution in [0.3, 0.4) is 0 Å². The van der Waals surface area contributed by atoms with Gasteiger partial charge in [-0.2, -0.15) is 0 Å². The lowest BCUT2D eigenvalue weighted by Crippen LogP contribution is -2.35. The van der Waals surface area contributed by atoms with Gasteiger partial charge in [0.25, 0.3) is 0 Å². The van der Waals surface area contributed by atoms with Crippen molar-refractivity contribution in [2.24, 2.45) is 5.92 Å². The number of furan rings is 1. The molecule has 1 aliphatic rings. The average molecular weight is 426 g/mol. The summed E-state index contributed by atoms with van der Waals surface area (Å²) in [5, 5.41) is 0.961. The molecule has 4 radical (unpaired) electrons. The number of allylic oxidation sites excluding steroid dienone is 1. The molecule has 0 atom stereocenters. The summed E-state index contributed by atoms with van der Waals surface area (Å²) in [6.07, 6.45) is 18.0. The van der Waals surface area contributed by atoms with Gasteiger partial charge in [-0.3, -0.25) is 4.98 Å². The molecule has 0 bridgehead atoms. The third-order valence-corrected chi connectivity index (χ3v) is 7.01. The normalized spacial score (nSPS) is 15.1. The Morgan fingerprint density at radius 3 is 2.70 bits per heavy atom. The Bertz CT molecular complexity index is 1440. The van der Waals surface area contributed by atoms with E-state index in [1.807, 2.05) is 50.3 Å². The molecule has 158 valence electrons. The molecule has 4 aromatic rings. The van der Waals surface area contributed by atoms with Gasteiger partial charge in [0.1, 0.15) is 5.58 Å². The van der Waals surface area contributed by atoms with Crippen LogP contribution >= 0.6 is 0 Å². The number of terminal acetylenes is 1. The Balaban J connectivity index is 1.82. The Labute approximate surface area is 197 Å². The summed E-state index contributed by atoms with van der Waals surface area (Å²) in [7, 11) is 13.4. The second-order valence-corrected chi connectivity index (χ2v) is 8.94. The van der Waals surface area contributed by atoms with Crippen LogP contribution in [0.2, 0.25) is 0 Å². The minimum Gasteiger partial charge on any atom is -0.437 e. The molecule has 0 spiro atoms. The SMILES string of the molecule is [B]C([B])(c1ccnc(-c2c(C)c(C#C)c(/C=C\C)c3c2oc2ncccc23)c1)C1CCCC1. The molecule has 0 N–H and O–H groups in total. The molecule has 0 unspecified atom stereocenters. The lowest BCUT2D eigenvalue weighted by atomic mass is 9.45. The average Bonchev–Trinajstić information content (AvgIpc) is 3.48. The number of hydrogen-bond acceptors (Lipinski definition) is 3. The maximum Gasteiger partial charge on any atom is 0.227 e. The van der Waals surface area contributed by atoms with Crippen LogP contribution in [0.5, 0.6) is 0 Å². The highest BCUT2D eigenvalue weighted by molar-refractivity contribution is 6.40. The number of rotatable bonds is 4. The molecular formula is C28H24B2N2O. The molecule has 3 heterocycles. The van der Waals surface area contributed by atoms with E-state index in [9.17, 15) is 0 Å². The number of fused-ring (bicyclic) bond motifs is 3. The van der Waals surface area contributed by atoms with Crippen molar-refractivity contribution in [1.29, 1.82) is 0 Å². The van der Waals surface area contributed by atoms with Crippen LogP contribution in [0, 0.1) is 25.2 Å². The van der Waals surface area contributed by atoms with Gasteiger partial charge >= 0.3 is 0 Å². The zero-order valence-electron chi connectivity index (χ0n) is 19.1. The summed E-state index contributed by atoms with van der Waals surface area (Å²) < 4.78 is 6.31. The van der Waals surface area contributed by atoms with Crippen molar-refractivity contribution in [2.45, 2.75) is 44.7 Å². The quantitative estimate of drug-likeness (QED) is 0.295. The molecule has 5 heteroatoms. The fourth-order valence-corrected chi connectivity index (χ4v) is 5.30. The number of pyridine rings is 2. The van der Waals surface area contributed by atoms with Gasteiger partial charge in [-0.05, 0) is 49.6 Å². The standard InChI is InChI=1S/C28H24B2N2O/c1-4-9-21-20(5-2)17(3)24(26-25(21)22-12-8-14-32-27(22)33-26)23-16-19(13-15-31-23)28(29,30)18-10-6-7-11-18/h2,4,8-9,12-16,18H,6-7,10-11H2,1,3H3/b9-4-. The van der Waals surface area contributed by atoms with Crippen LogP contribution in [0.15, 0.2) is 47.2 Å². The van der Waals surface area contributed by atoms with E-state index in [0.29, 0.717) is 5.71 Å². The molecular weight excluding hydrogens is 402 g/mol. The van der Waals surface area contributed by atoms with Gasteiger partial charge in [0.2, 0.25) is 5.71 Å². The van der Waals surface area contributed by atoms with E-state index in [4.69, 9.17) is 31.5 Å². The monoisotopic (exact) mass is 426 g/mol. The van der Waals surface area contributed by atoms with E-state index in [-0.39, 0.29) is 5.92 Å². The second-order valence-electron chi connectivity index (χ2n) is 8.94. The van der Waals surface area contributed by atoms with Gasteiger partial charge in [0.15, 0.2) is 0 Å². The van der Waals surface area contributed by atoms with E-state index in [0.717, 1.165) is 62.7 Å². The first-order valence-corrected chi connectivity index (χ1v) is 11.4. The number of aromatic nitrogens is 2. The highest BCUT2D eigenvalue weighted by Crippen LogP contribution is 2.43. The molecule has 33 heavy (non-hydrogen) atoms. The van der Waals surface area contributed by atoms with Crippen molar-refractivity contribution in [2.75, 3.05) is 0 Å². The van der Waals surface area contributed by atoms with Gasteiger partial charge in [-0.15, -0.1) is 6.42 Å². The Morgan fingerprint density at radius 2 is 1.97 bits per heavy atom. The van der Waals surface area contributed by atoms with Crippen molar-refractivity contribution in [3.05, 3.63) is 65.0 Å². The van der Waals surface area contributed by atoms with Crippen LogP contribution in [0.1, 0.15) is 54.9 Å². The van der Waals surface area contributed by atoms with Gasteiger partial charge in [0.05, 0.1) is 21.4 Å². The summed E-state index contributed by atoms with van der Waals surface area (Å²) in [6.45, 7) is 3.99. The number of nitrogens with zero attached hydrogens (tertiary/aromatic N) is 2.